The van der Waals surface area contributed by atoms with Gasteiger partial charge in [0.15, 0.2) is 0 Å². The first kappa shape index (κ1) is 11.0. The molecule has 1 aromatic rings. The lowest BCUT2D eigenvalue weighted by atomic mass is 10.4. The fourth-order valence-corrected chi connectivity index (χ4v) is 1.79. The summed E-state index contributed by atoms with van der Waals surface area (Å²) in [6.45, 7) is -0.646. The van der Waals surface area contributed by atoms with Crippen LogP contribution in [0.5, 0.6) is 0 Å². The van der Waals surface area contributed by atoms with Gasteiger partial charge in [-0.3, -0.25) is 4.57 Å². The van der Waals surface area contributed by atoms with Gasteiger partial charge in [-0.05, 0) is 6.42 Å². The van der Waals surface area contributed by atoms with Gasteiger partial charge in [-0.25, -0.2) is 18.5 Å². The van der Waals surface area contributed by atoms with E-state index >= 15 is 0 Å². The largest absolute Gasteiger partial charge is 0.393 e. The van der Waals surface area contributed by atoms with Crippen LogP contribution in [0.1, 0.15) is 12.2 Å². The van der Waals surface area contributed by atoms with Crippen molar-refractivity contribution in [2.24, 2.45) is 0 Å². The highest BCUT2D eigenvalue weighted by Gasteiger charge is 2.19. The van der Waals surface area contributed by atoms with E-state index in [-0.39, 0.29) is 0 Å². The van der Waals surface area contributed by atoms with E-state index in [9.17, 15) is 14.0 Å². The van der Waals surface area contributed by atoms with Crippen molar-refractivity contribution in [1.29, 1.82) is 0 Å². The molecule has 1 aromatic heterocycles. The molecule has 6 nitrogen and oxygen atoms in total. The maximum atomic E-state index is 12.9. The second-order valence-electron chi connectivity index (χ2n) is 3.74. The maximum absolute atomic E-state index is 12.9. The molecule has 2 heterocycles. The summed E-state index contributed by atoms with van der Waals surface area (Å²) in [5.74, 6) is 0.464. The Labute approximate surface area is 90.0 Å². The monoisotopic (exact) mass is 229 g/mol. The summed E-state index contributed by atoms with van der Waals surface area (Å²) >= 11 is 0. The Bertz CT molecular complexity index is 508. The molecule has 0 bridgehead atoms. The van der Waals surface area contributed by atoms with Gasteiger partial charge in [0.25, 0.3) is 0 Å². The van der Waals surface area contributed by atoms with E-state index in [1.165, 1.54) is 4.57 Å². The zero-order valence-corrected chi connectivity index (χ0v) is 8.60. The van der Waals surface area contributed by atoms with Crippen molar-refractivity contribution in [3.05, 3.63) is 26.8 Å². The first-order valence-electron chi connectivity index (χ1n) is 5.09. The Balaban J connectivity index is 2.47. The summed E-state index contributed by atoms with van der Waals surface area (Å²) in [6.07, 6.45) is -0.248. The van der Waals surface area contributed by atoms with Crippen LogP contribution in [0.4, 0.5) is 4.39 Å². The normalized spacial score (nSPS) is 16.1. The van der Waals surface area contributed by atoms with Crippen LogP contribution in [-0.4, -0.2) is 32.0 Å². The molecule has 0 saturated carbocycles. The van der Waals surface area contributed by atoms with Gasteiger partial charge in [-0.1, -0.05) is 0 Å². The summed E-state index contributed by atoms with van der Waals surface area (Å²) in [4.78, 5) is 26.9. The van der Waals surface area contributed by atoms with Crippen LogP contribution in [0.2, 0.25) is 0 Å². The van der Waals surface area contributed by atoms with Crippen LogP contribution in [0.15, 0.2) is 9.59 Å². The molecule has 1 aliphatic heterocycles. The van der Waals surface area contributed by atoms with Gasteiger partial charge in [0.05, 0.1) is 13.2 Å². The van der Waals surface area contributed by atoms with Gasteiger partial charge >= 0.3 is 11.4 Å². The van der Waals surface area contributed by atoms with Crippen LogP contribution in [-0.2, 0) is 19.5 Å². The van der Waals surface area contributed by atoms with Gasteiger partial charge in [-0.2, -0.15) is 4.98 Å². The summed E-state index contributed by atoms with van der Waals surface area (Å²) in [7, 11) is 0. The number of rotatable bonds is 3. The summed E-state index contributed by atoms with van der Waals surface area (Å²) in [6, 6.07) is 0. The Morgan fingerprint density at radius 1 is 1.50 bits per heavy atom. The number of aliphatic hydroxyl groups is 1. The molecule has 7 heteroatoms. The van der Waals surface area contributed by atoms with Crippen LogP contribution >= 0.6 is 0 Å². The average molecular weight is 229 g/mol. The maximum Gasteiger partial charge on any atom is 0.353 e. The standard InChI is InChI=1S/C9H12FN3O3/c10-6(5-14)4-13-8(15)11-7-2-1-3-12(7)9(13)16/h6,14H,1-5H2. The first-order chi connectivity index (χ1) is 7.63. The highest BCUT2D eigenvalue weighted by Crippen LogP contribution is 2.06. The molecule has 16 heavy (non-hydrogen) atoms. The highest BCUT2D eigenvalue weighted by atomic mass is 19.1. The van der Waals surface area contributed by atoms with Crippen LogP contribution in [0.3, 0.4) is 0 Å². The van der Waals surface area contributed by atoms with E-state index in [2.05, 4.69) is 4.98 Å². The number of aryl methyl sites for hydroxylation is 1. The van der Waals surface area contributed by atoms with Gasteiger partial charge in [0.1, 0.15) is 12.0 Å². The van der Waals surface area contributed by atoms with Crippen molar-refractivity contribution in [3.8, 4) is 0 Å². The molecule has 88 valence electrons. The van der Waals surface area contributed by atoms with Crippen LogP contribution in [0.25, 0.3) is 0 Å². The fourth-order valence-electron chi connectivity index (χ4n) is 1.79. The molecule has 0 aromatic carbocycles. The minimum atomic E-state index is -1.62. The number of halogens is 1. The Hall–Kier alpha value is -1.50. The number of aliphatic hydroxyl groups excluding tert-OH is 1. The molecule has 0 amide bonds. The van der Waals surface area contributed by atoms with E-state index in [4.69, 9.17) is 5.11 Å². The topological polar surface area (TPSA) is 77.1 Å². The van der Waals surface area contributed by atoms with E-state index < -0.39 is 30.7 Å². The third kappa shape index (κ3) is 1.78. The predicted octanol–water partition coefficient (Wildman–Crippen LogP) is -1.32. The molecule has 1 atom stereocenters. The molecule has 1 unspecified atom stereocenters. The Morgan fingerprint density at radius 2 is 2.25 bits per heavy atom. The summed E-state index contributed by atoms with van der Waals surface area (Å²) < 4.78 is 15.1. The fraction of sp³-hybridized carbons (Fsp3) is 0.667. The van der Waals surface area contributed by atoms with Gasteiger partial charge in [0.2, 0.25) is 0 Å². The van der Waals surface area contributed by atoms with Crippen molar-refractivity contribution in [2.75, 3.05) is 6.61 Å². The van der Waals surface area contributed by atoms with Gasteiger partial charge < -0.3 is 5.11 Å². The summed E-state index contributed by atoms with van der Waals surface area (Å²) in [5.41, 5.74) is -1.28. The molecule has 0 aliphatic carbocycles. The number of aromatic nitrogens is 3. The quantitative estimate of drug-likeness (QED) is 0.697. The number of nitrogens with zero attached hydrogens (tertiary/aromatic N) is 3. The van der Waals surface area contributed by atoms with Crippen molar-refractivity contribution in [2.45, 2.75) is 32.1 Å². The van der Waals surface area contributed by atoms with Crippen molar-refractivity contribution >= 4 is 0 Å². The molecular weight excluding hydrogens is 217 g/mol. The lowest BCUT2D eigenvalue weighted by Crippen LogP contribution is -2.43. The zero-order chi connectivity index (χ0) is 11.7. The van der Waals surface area contributed by atoms with E-state index in [1.807, 2.05) is 0 Å². The minimum absolute atomic E-state index is 0.443. The first-order valence-corrected chi connectivity index (χ1v) is 5.09. The van der Waals surface area contributed by atoms with Gasteiger partial charge in [-0.15, -0.1) is 0 Å². The van der Waals surface area contributed by atoms with E-state index in [0.29, 0.717) is 18.8 Å². The lowest BCUT2D eigenvalue weighted by molar-refractivity contribution is 0.158. The SMILES string of the molecule is O=c1nc2n(c(=O)n1CC(F)CO)CCC2. The lowest BCUT2D eigenvalue weighted by Gasteiger charge is -2.09. The summed E-state index contributed by atoms with van der Waals surface area (Å²) in [5, 5.41) is 8.55. The molecule has 1 aliphatic rings. The van der Waals surface area contributed by atoms with Crippen molar-refractivity contribution in [3.63, 3.8) is 0 Å². The Morgan fingerprint density at radius 3 is 2.94 bits per heavy atom. The highest BCUT2D eigenvalue weighted by molar-refractivity contribution is 4.94. The molecule has 0 saturated heterocycles. The second-order valence-corrected chi connectivity index (χ2v) is 3.74. The average Bonchev–Trinajstić information content (AvgIpc) is 2.71. The third-order valence-electron chi connectivity index (χ3n) is 2.59. The van der Waals surface area contributed by atoms with Gasteiger partial charge in [0, 0.05) is 13.0 Å². The number of hydrogen-bond donors (Lipinski definition) is 1. The molecule has 1 N–H and O–H groups in total. The van der Waals surface area contributed by atoms with E-state index in [0.717, 1.165) is 11.0 Å². The minimum Gasteiger partial charge on any atom is -0.393 e. The predicted molar refractivity (Wildman–Crippen MR) is 53.1 cm³/mol. The molecular formula is C9H12FN3O3. The molecule has 0 fully saturated rings. The van der Waals surface area contributed by atoms with Crippen LogP contribution in [0, 0.1) is 0 Å². The molecule has 0 spiro atoms. The smallest absolute Gasteiger partial charge is 0.353 e. The third-order valence-corrected chi connectivity index (χ3v) is 2.59. The van der Waals surface area contributed by atoms with Crippen molar-refractivity contribution < 1.29 is 9.50 Å². The zero-order valence-electron chi connectivity index (χ0n) is 8.60. The molecule has 0 radical (unpaired) electrons. The number of alkyl halides is 1. The number of fused-ring (bicyclic) bond motifs is 1. The Kier molecular flexibility index (Phi) is 2.86. The number of hydrogen-bond acceptors (Lipinski definition) is 4. The second kappa shape index (κ2) is 4.17. The van der Waals surface area contributed by atoms with Crippen LogP contribution < -0.4 is 11.4 Å². The van der Waals surface area contributed by atoms with E-state index in [1.54, 1.807) is 0 Å². The van der Waals surface area contributed by atoms with Crippen molar-refractivity contribution in [1.82, 2.24) is 14.1 Å². The molecule has 2 rings (SSSR count).